The molecule has 0 atom stereocenters. The van der Waals surface area contributed by atoms with Gasteiger partial charge in [0.05, 0.1) is 5.69 Å². The van der Waals surface area contributed by atoms with Crippen LogP contribution in [-0.2, 0) is 6.54 Å². The first-order valence-electron chi connectivity index (χ1n) is 10.2. The van der Waals surface area contributed by atoms with Crippen molar-refractivity contribution in [2.75, 3.05) is 5.32 Å². The smallest absolute Gasteiger partial charge is 0.227 e. The number of nitrogens with one attached hydrogen (secondary N) is 1. The molecule has 0 fully saturated rings. The molecule has 8 nitrogen and oxygen atoms in total. The maximum Gasteiger partial charge on any atom is 0.227 e. The molecule has 5 aromatic rings. The average molecular weight is 441 g/mol. The van der Waals surface area contributed by atoms with Gasteiger partial charge < -0.3 is 5.32 Å². The standard InChI is InChI=1S/C23H20N8S/c1-3-31-14-19(21(30-31)17-5-4-11-24-13-17)20-10-12-25-23(27-20)26-18-8-6-16(7-9-18)22-29-28-15(2)32-22/h4-14H,3H2,1-2H3,(H,25,26,27). The Morgan fingerprint density at radius 1 is 1.00 bits per heavy atom. The fourth-order valence-corrected chi connectivity index (χ4v) is 3.99. The van der Waals surface area contributed by atoms with Gasteiger partial charge in [0, 0.05) is 53.7 Å². The van der Waals surface area contributed by atoms with E-state index < -0.39 is 0 Å². The summed E-state index contributed by atoms with van der Waals surface area (Å²) in [6, 6.07) is 13.8. The largest absolute Gasteiger partial charge is 0.324 e. The van der Waals surface area contributed by atoms with E-state index in [2.05, 4.69) is 32.4 Å². The molecule has 0 aliphatic carbocycles. The van der Waals surface area contributed by atoms with E-state index in [-0.39, 0.29) is 0 Å². The zero-order valence-corrected chi connectivity index (χ0v) is 18.4. The Morgan fingerprint density at radius 2 is 1.88 bits per heavy atom. The van der Waals surface area contributed by atoms with Gasteiger partial charge in [0.15, 0.2) is 0 Å². The lowest BCUT2D eigenvalue weighted by Gasteiger charge is -2.07. The van der Waals surface area contributed by atoms with Gasteiger partial charge in [-0.2, -0.15) is 5.10 Å². The summed E-state index contributed by atoms with van der Waals surface area (Å²) >= 11 is 1.57. The highest BCUT2D eigenvalue weighted by Crippen LogP contribution is 2.30. The molecule has 0 saturated heterocycles. The van der Waals surface area contributed by atoms with Gasteiger partial charge in [-0.05, 0) is 56.3 Å². The Balaban J connectivity index is 1.43. The minimum atomic E-state index is 0.517. The van der Waals surface area contributed by atoms with Crippen LogP contribution in [0.3, 0.4) is 0 Å². The van der Waals surface area contributed by atoms with Crippen molar-refractivity contribution in [3.8, 4) is 33.1 Å². The maximum absolute atomic E-state index is 4.74. The predicted octanol–water partition coefficient (Wildman–Crippen LogP) is 4.99. The number of hydrogen-bond donors (Lipinski definition) is 1. The lowest BCUT2D eigenvalue weighted by atomic mass is 10.1. The van der Waals surface area contributed by atoms with Crippen LogP contribution in [0.5, 0.6) is 0 Å². The predicted molar refractivity (Wildman–Crippen MR) is 126 cm³/mol. The third kappa shape index (κ3) is 4.10. The number of aryl methyl sites for hydroxylation is 2. The van der Waals surface area contributed by atoms with Crippen LogP contribution in [0.4, 0.5) is 11.6 Å². The molecule has 9 heteroatoms. The van der Waals surface area contributed by atoms with Crippen molar-refractivity contribution in [3.05, 3.63) is 72.3 Å². The molecule has 5 rings (SSSR count). The molecular formula is C23H20N8S. The van der Waals surface area contributed by atoms with E-state index in [4.69, 9.17) is 10.1 Å². The third-order valence-electron chi connectivity index (χ3n) is 4.87. The first-order chi connectivity index (χ1) is 15.7. The average Bonchev–Trinajstić information content (AvgIpc) is 3.47. The number of pyridine rings is 1. The summed E-state index contributed by atoms with van der Waals surface area (Å²) in [7, 11) is 0. The Labute approximate surface area is 189 Å². The van der Waals surface area contributed by atoms with Gasteiger partial charge in [-0.1, -0.05) is 11.3 Å². The summed E-state index contributed by atoms with van der Waals surface area (Å²) in [4.78, 5) is 13.4. The van der Waals surface area contributed by atoms with E-state index >= 15 is 0 Å². The minimum Gasteiger partial charge on any atom is -0.324 e. The molecule has 0 saturated carbocycles. The summed E-state index contributed by atoms with van der Waals surface area (Å²) in [5.41, 5.74) is 5.45. The second kappa shape index (κ2) is 8.64. The van der Waals surface area contributed by atoms with Gasteiger partial charge in [-0.3, -0.25) is 9.67 Å². The Hall–Kier alpha value is -3.98. The van der Waals surface area contributed by atoms with E-state index in [1.807, 2.05) is 66.5 Å². The monoisotopic (exact) mass is 440 g/mol. The van der Waals surface area contributed by atoms with Crippen molar-refractivity contribution in [1.29, 1.82) is 0 Å². The number of aromatic nitrogens is 7. The molecule has 1 aromatic carbocycles. The quantitative estimate of drug-likeness (QED) is 0.397. The molecule has 0 aliphatic heterocycles. The van der Waals surface area contributed by atoms with E-state index in [9.17, 15) is 0 Å². The molecule has 0 spiro atoms. The number of anilines is 2. The molecule has 0 radical (unpaired) electrons. The Morgan fingerprint density at radius 3 is 2.59 bits per heavy atom. The van der Waals surface area contributed by atoms with Crippen molar-refractivity contribution < 1.29 is 0 Å². The van der Waals surface area contributed by atoms with Gasteiger partial charge in [0.25, 0.3) is 0 Å². The molecule has 0 amide bonds. The van der Waals surface area contributed by atoms with Gasteiger partial charge >= 0.3 is 0 Å². The van der Waals surface area contributed by atoms with Crippen LogP contribution in [0.2, 0.25) is 0 Å². The highest BCUT2D eigenvalue weighted by atomic mass is 32.1. The molecule has 4 aromatic heterocycles. The normalized spacial score (nSPS) is 10.9. The molecule has 0 bridgehead atoms. The first kappa shape index (κ1) is 20.0. The SMILES string of the molecule is CCn1cc(-c2ccnc(Nc3ccc(-c4nnc(C)s4)cc3)n2)c(-c2cccnc2)n1. The van der Waals surface area contributed by atoms with E-state index in [0.717, 1.165) is 50.3 Å². The van der Waals surface area contributed by atoms with Crippen molar-refractivity contribution >= 4 is 23.0 Å². The number of nitrogens with zero attached hydrogens (tertiary/aromatic N) is 7. The number of hydrogen-bond acceptors (Lipinski definition) is 8. The van der Waals surface area contributed by atoms with Crippen molar-refractivity contribution in [1.82, 2.24) is 34.9 Å². The summed E-state index contributed by atoms with van der Waals surface area (Å²) in [6.07, 6.45) is 7.32. The highest BCUT2D eigenvalue weighted by Gasteiger charge is 2.15. The molecule has 4 heterocycles. The van der Waals surface area contributed by atoms with E-state index in [0.29, 0.717) is 5.95 Å². The summed E-state index contributed by atoms with van der Waals surface area (Å²) in [5, 5.41) is 18.1. The van der Waals surface area contributed by atoms with Gasteiger partial charge in [-0.25, -0.2) is 9.97 Å². The van der Waals surface area contributed by atoms with E-state index in [1.165, 1.54) is 0 Å². The lowest BCUT2D eigenvalue weighted by molar-refractivity contribution is 0.662. The second-order valence-electron chi connectivity index (χ2n) is 7.08. The third-order valence-corrected chi connectivity index (χ3v) is 5.75. The Kier molecular flexibility index (Phi) is 5.39. The van der Waals surface area contributed by atoms with Gasteiger partial charge in [-0.15, -0.1) is 10.2 Å². The summed E-state index contributed by atoms with van der Waals surface area (Å²) in [6.45, 7) is 4.78. The number of benzene rings is 1. The van der Waals surface area contributed by atoms with Crippen molar-refractivity contribution in [2.24, 2.45) is 0 Å². The van der Waals surface area contributed by atoms with E-state index in [1.54, 1.807) is 23.7 Å². The Bertz CT molecular complexity index is 1340. The zero-order valence-electron chi connectivity index (χ0n) is 17.6. The van der Waals surface area contributed by atoms with Crippen LogP contribution in [0.25, 0.3) is 33.1 Å². The van der Waals surface area contributed by atoms with Crippen LogP contribution in [-0.4, -0.2) is 34.9 Å². The maximum atomic E-state index is 4.74. The fourth-order valence-electron chi connectivity index (χ4n) is 3.29. The molecule has 0 aliphatic rings. The van der Waals surface area contributed by atoms with Crippen LogP contribution >= 0.6 is 11.3 Å². The molecule has 32 heavy (non-hydrogen) atoms. The first-order valence-corrected chi connectivity index (χ1v) is 11.0. The number of rotatable bonds is 6. The van der Waals surface area contributed by atoms with Crippen molar-refractivity contribution in [2.45, 2.75) is 20.4 Å². The molecule has 158 valence electrons. The summed E-state index contributed by atoms with van der Waals surface area (Å²) in [5.74, 6) is 0.517. The lowest BCUT2D eigenvalue weighted by Crippen LogP contribution is -1.98. The zero-order chi connectivity index (χ0) is 21.9. The fraction of sp³-hybridized carbons (Fsp3) is 0.130. The van der Waals surface area contributed by atoms with Crippen molar-refractivity contribution in [3.63, 3.8) is 0 Å². The van der Waals surface area contributed by atoms with Crippen LogP contribution in [0.15, 0.2) is 67.3 Å². The second-order valence-corrected chi connectivity index (χ2v) is 8.26. The van der Waals surface area contributed by atoms with Gasteiger partial charge in [0.1, 0.15) is 15.7 Å². The summed E-state index contributed by atoms with van der Waals surface area (Å²) < 4.78 is 1.90. The topological polar surface area (TPSA) is 94.3 Å². The molecular weight excluding hydrogens is 420 g/mol. The molecule has 1 N–H and O–H groups in total. The van der Waals surface area contributed by atoms with Crippen LogP contribution in [0, 0.1) is 6.92 Å². The van der Waals surface area contributed by atoms with Crippen LogP contribution in [0.1, 0.15) is 11.9 Å². The minimum absolute atomic E-state index is 0.517. The van der Waals surface area contributed by atoms with Crippen LogP contribution < -0.4 is 5.32 Å². The molecule has 0 unspecified atom stereocenters. The van der Waals surface area contributed by atoms with Gasteiger partial charge in [0.2, 0.25) is 5.95 Å². The highest BCUT2D eigenvalue weighted by molar-refractivity contribution is 7.14.